The second kappa shape index (κ2) is 9.89. The Morgan fingerprint density at radius 2 is 1.89 bits per heavy atom. The Labute approximate surface area is 170 Å². The normalized spacial score (nSPS) is 15.8. The number of benzene rings is 2. The monoisotopic (exact) mass is 405 g/mol. The number of carbonyl (C=O) groups is 1. The Balaban J connectivity index is 1.69. The van der Waals surface area contributed by atoms with Gasteiger partial charge < -0.3 is 15.0 Å². The maximum atomic E-state index is 14.0. The van der Waals surface area contributed by atoms with E-state index in [9.17, 15) is 9.18 Å². The van der Waals surface area contributed by atoms with E-state index in [2.05, 4.69) is 17.4 Å². The van der Waals surface area contributed by atoms with Crippen LogP contribution in [0.4, 0.5) is 4.39 Å². The average molecular weight is 406 g/mol. The molecule has 0 aliphatic carbocycles. The quantitative estimate of drug-likeness (QED) is 0.743. The van der Waals surface area contributed by atoms with Gasteiger partial charge in [-0.15, -0.1) is 0 Å². The topological polar surface area (TPSA) is 42.8 Å². The van der Waals surface area contributed by atoms with Gasteiger partial charge in [-0.1, -0.05) is 17.7 Å². The first-order valence-electron chi connectivity index (χ1n) is 9.76. The molecule has 0 aromatic heterocycles. The number of carbonyl (C=O) groups excluding carboxylic acids is 1. The van der Waals surface area contributed by atoms with Crippen molar-refractivity contribution in [2.45, 2.75) is 31.7 Å². The minimum absolute atomic E-state index is 0.0594. The minimum atomic E-state index is -0.448. The summed E-state index contributed by atoms with van der Waals surface area (Å²) in [6, 6.07) is 12.7. The van der Waals surface area contributed by atoms with Crippen molar-refractivity contribution >= 4 is 17.5 Å². The molecule has 2 N–H and O–H groups in total. The summed E-state index contributed by atoms with van der Waals surface area (Å²) in [4.78, 5) is 13.9. The molecule has 0 saturated carbocycles. The molecule has 1 saturated heterocycles. The Morgan fingerprint density at radius 1 is 1.18 bits per heavy atom. The number of likely N-dealkylation sites (tertiary alicyclic amines) is 1. The number of halogens is 2. The summed E-state index contributed by atoms with van der Waals surface area (Å²) in [5.74, 6) is 0.146. The SMILES string of the molecule is COc1ccc([C@H](CNC(=O)Cc2c(F)cccc2Cl)[NH+]2CCCCC2)cc1. The zero-order valence-electron chi connectivity index (χ0n) is 16.1. The lowest BCUT2D eigenvalue weighted by Gasteiger charge is -2.32. The number of rotatable bonds is 7. The molecule has 3 rings (SSSR count). The average Bonchev–Trinajstić information content (AvgIpc) is 2.72. The number of hydrogen-bond acceptors (Lipinski definition) is 2. The highest BCUT2D eigenvalue weighted by molar-refractivity contribution is 6.31. The lowest BCUT2D eigenvalue weighted by Crippen LogP contribution is -3.13. The number of nitrogens with one attached hydrogen (secondary N) is 2. The molecule has 0 bridgehead atoms. The molecule has 0 radical (unpaired) electrons. The van der Waals surface area contributed by atoms with Crippen LogP contribution in [0.1, 0.15) is 36.4 Å². The molecular weight excluding hydrogens is 379 g/mol. The number of quaternary nitrogens is 1. The lowest BCUT2D eigenvalue weighted by molar-refractivity contribution is -0.935. The van der Waals surface area contributed by atoms with E-state index >= 15 is 0 Å². The van der Waals surface area contributed by atoms with E-state index in [4.69, 9.17) is 16.3 Å². The largest absolute Gasteiger partial charge is 0.497 e. The fourth-order valence-electron chi connectivity index (χ4n) is 3.83. The van der Waals surface area contributed by atoms with Gasteiger partial charge in [0.25, 0.3) is 0 Å². The van der Waals surface area contributed by atoms with Gasteiger partial charge in [-0.05, 0) is 55.7 Å². The third kappa shape index (κ3) is 5.24. The van der Waals surface area contributed by atoms with Crippen LogP contribution in [0.15, 0.2) is 42.5 Å². The van der Waals surface area contributed by atoms with Crippen LogP contribution in [0, 0.1) is 5.82 Å². The predicted octanol–water partition coefficient (Wildman–Crippen LogP) is 2.96. The summed E-state index contributed by atoms with van der Waals surface area (Å²) < 4.78 is 19.2. The molecule has 0 spiro atoms. The third-order valence-electron chi connectivity index (χ3n) is 5.41. The molecule has 1 aliphatic rings. The van der Waals surface area contributed by atoms with Crippen molar-refractivity contribution in [3.05, 3.63) is 64.4 Å². The van der Waals surface area contributed by atoms with E-state index in [1.807, 2.05) is 12.1 Å². The molecule has 4 nitrogen and oxygen atoms in total. The highest BCUT2D eigenvalue weighted by Crippen LogP contribution is 2.20. The van der Waals surface area contributed by atoms with Crippen molar-refractivity contribution in [2.75, 3.05) is 26.7 Å². The first-order valence-corrected chi connectivity index (χ1v) is 10.1. The number of methoxy groups -OCH3 is 1. The van der Waals surface area contributed by atoms with Crippen LogP contribution in [0.2, 0.25) is 5.02 Å². The van der Waals surface area contributed by atoms with Gasteiger partial charge in [-0.2, -0.15) is 0 Å². The van der Waals surface area contributed by atoms with Gasteiger partial charge in [0.1, 0.15) is 17.6 Å². The second-order valence-electron chi connectivity index (χ2n) is 7.23. The van der Waals surface area contributed by atoms with Crippen molar-refractivity contribution in [1.82, 2.24) is 5.32 Å². The molecule has 1 heterocycles. The predicted molar refractivity (Wildman–Crippen MR) is 108 cm³/mol. The molecule has 150 valence electrons. The first-order chi connectivity index (χ1) is 13.6. The highest BCUT2D eigenvalue weighted by Gasteiger charge is 2.26. The van der Waals surface area contributed by atoms with Crippen molar-refractivity contribution in [3.8, 4) is 5.75 Å². The number of ether oxygens (including phenoxy) is 1. The number of hydrogen-bond donors (Lipinski definition) is 2. The molecule has 1 amide bonds. The Hall–Kier alpha value is -2.11. The summed E-state index contributed by atoms with van der Waals surface area (Å²) in [5, 5.41) is 3.27. The summed E-state index contributed by atoms with van der Waals surface area (Å²) in [7, 11) is 1.65. The lowest BCUT2D eigenvalue weighted by atomic mass is 10.0. The van der Waals surface area contributed by atoms with Crippen LogP contribution in [0.5, 0.6) is 5.75 Å². The van der Waals surface area contributed by atoms with E-state index < -0.39 is 5.82 Å². The van der Waals surface area contributed by atoms with E-state index in [0.717, 1.165) is 18.8 Å². The zero-order chi connectivity index (χ0) is 19.9. The van der Waals surface area contributed by atoms with Crippen molar-refractivity contribution < 1.29 is 18.8 Å². The molecule has 28 heavy (non-hydrogen) atoms. The number of amides is 1. The fraction of sp³-hybridized carbons (Fsp3) is 0.409. The summed E-state index contributed by atoms with van der Waals surface area (Å²) in [6.45, 7) is 2.68. The third-order valence-corrected chi connectivity index (χ3v) is 5.76. The summed E-state index contributed by atoms with van der Waals surface area (Å²) >= 11 is 6.05. The van der Waals surface area contributed by atoms with E-state index in [1.165, 1.54) is 35.8 Å². The maximum absolute atomic E-state index is 14.0. The molecular formula is C22H27ClFN2O2+. The van der Waals surface area contributed by atoms with Crippen LogP contribution in [-0.2, 0) is 11.2 Å². The Kier molecular flexibility index (Phi) is 7.29. The van der Waals surface area contributed by atoms with Gasteiger partial charge in [0.2, 0.25) is 5.91 Å². The van der Waals surface area contributed by atoms with Crippen molar-refractivity contribution in [1.29, 1.82) is 0 Å². The Bertz CT molecular complexity index is 771. The molecule has 1 atom stereocenters. The van der Waals surface area contributed by atoms with Crippen molar-refractivity contribution in [2.24, 2.45) is 0 Å². The van der Waals surface area contributed by atoms with E-state index in [0.29, 0.717) is 6.54 Å². The van der Waals surface area contributed by atoms with E-state index in [1.54, 1.807) is 19.2 Å². The van der Waals surface area contributed by atoms with Gasteiger partial charge in [0.15, 0.2) is 0 Å². The van der Waals surface area contributed by atoms with Gasteiger partial charge >= 0.3 is 0 Å². The van der Waals surface area contributed by atoms with Crippen LogP contribution in [0.25, 0.3) is 0 Å². The molecule has 2 aromatic rings. The van der Waals surface area contributed by atoms with Crippen LogP contribution >= 0.6 is 11.6 Å². The minimum Gasteiger partial charge on any atom is -0.497 e. The molecule has 0 unspecified atom stereocenters. The van der Waals surface area contributed by atoms with Crippen LogP contribution in [-0.4, -0.2) is 32.7 Å². The van der Waals surface area contributed by atoms with Crippen molar-refractivity contribution in [3.63, 3.8) is 0 Å². The maximum Gasteiger partial charge on any atom is 0.224 e. The van der Waals surface area contributed by atoms with Gasteiger partial charge in [0.05, 0.1) is 33.2 Å². The summed E-state index contributed by atoms with van der Waals surface area (Å²) in [6.07, 6.45) is 3.59. The Morgan fingerprint density at radius 3 is 2.54 bits per heavy atom. The van der Waals surface area contributed by atoms with Gasteiger partial charge in [0, 0.05) is 16.1 Å². The molecule has 2 aromatic carbocycles. The standard InChI is InChI=1S/C22H26ClFN2O2/c1-28-17-10-8-16(9-11-17)21(26-12-3-2-4-13-26)15-25-22(27)14-18-19(23)6-5-7-20(18)24/h5-11,21H,2-4,12-15H2,1H3,(H,25,27)/p+1/t21-/m0/s1. The zero-order valence-corrected chi connectivity index (χ0v) is 16.9. The fourth-order valence-corrected chi connectivity index (χ4v) is 4.06. The second-order valence-corrected chi connectivity index (χ2v) is 7.63. The van der Waals surface area contributed by atoms with Gasteiger partial charge in [-0.3, -0.25) is 4.79 Å². The highest BCUT2D eigenvalue weighted by atomic mass is 35.5. The molecule has 1 aliphatic heterocycles. The van der Waals surface area contributed by atoms with Crippen LogP contribution < -0.4 is 15.0 Å². The summed E-state index contributed by atoms with van der Waals surface area (Å²) in [5.41, 5.74) is 1.41. The van der Waals surface area contributed by atoms with Crippen LogP contribution in [0.3, 0.4) is 0 Å². The smallest absolute Gasteiger partial charge is 0.224 e. The molecule has 6 heteroatoms. The molecule has 1 fully saturated rings. The van der Waals surface area contributed by atoms with Gasteiger partial charge in [-0.25, -0.2) is 4.39 Å². The first kappa shape index (κ1) is 20.6. The number of piperidine rings is 1. The van der Waals surface area contributed by atoms with E-state index in [-0.39, 0.29) is 29.0 Å².